The summed E-state index contributed by atoms with van der Waals surface area (Å²) >= 11 is 2.23. The van der Waals surface area contributed by atoms with Gasteiger partial charge in [0.15, 0.2) is 0 Å². The molecule has 1 aromatic rings. The minimum absolute atomic E-state index is 0.161. The van der Waals surface area contributed by atoms with Crippen LogP contribution in [0.4, 0.5) is 0 Å². The van der Waals surface area contributed by atoms with Crippen LogP contribution in [-0.2, 0) is 9.53 Å². The molecule has 0 N–H and O–H groups in total. The van der Waals surface area contributed by atoms with E-state index in [1.807, 2.05) is 31.2 Å². The van der Waals surface area contributed by atoms with E-state index in [0.717, 1.165) is 9.13 Å². The molecule has 0 aromatic heterocycles. The Kier molecular flexibility index (Phi) is 3.71. The summed E-state index contributed by atoms with van der Waals surface area (Å²) in [7, 11) is 0. The van der Waals surface area contributed by atoms with Crippen molar-refractivity contribution < 1.29 is 9.53 Å². The molecule has 0 saturated heterocycles. The molecule has 0 spiro atoms. The van der Waals surface area contributed by atoms with Gasteiger partial charge in [0, 0.05) is 16.1 Å². The van der Waals surface area contributed by atoms with Crippen molar-refractivity contribution in [3.63, 3.8) is 0 Å². The monoisotopic (exact) mass is 290 g/mol. The number of ether oxygens (including phenoxy) is 1. The first-order valence-corrected chi connectivity index (χ1v) is 5.11. The Hall–Kier alpha value is -0.580. The van der Waals surface area contributed by atoms with Crippen LogP contribution in [0.1, 0.15) is 25.5 Å². The lowest BCUT2D eigenvalue weighted by molar-refractivity contribution is -0.145. The van der Waals surface area contributed by atoms with Gasteiger partial charge in [0.2, 0.25) is 0 Å². The smallest absolute Gasteiger partial charge is 0.303 e. The molecule has 3 heteroatoms. The second-order valence-electron chi connectivity index (χ2n) is 2.77. The van der Waals surface area contributed by atoms with E-state index in [9.17, 15) is 4.79 Å². The Morgan fingerprint density at radius 3 is 2.62 bits per heavy atom. The van der Waals surface area contributed by atoms with E-state index in [-0.39, 0.29) is 12.1 Å². The highest BCUT2D eigenvalue weighted by molar-refractivity contribution is 14.1. The number of hydrogen-bond acceptors (Lipinski definition) is 2. The molecule has 0 fully saturated rings. The third kappa shape index (κ3) is 2.99. The highest BCUT2D eigenvalue weighted by Crippen LogP contribution is 2.22. The van der Waals surface area contributed by atoms with Gasteiger partial charge in [0.05, 0.1) is 0 Å². The van der Waals surface area contributed by atoms with Crippen LogP contribution in [0.25, 0.3) is 0 Å². The molecule has 0 aliphatic carbocycles. The maximum atomic E-state index is 10.7. The van der Waals surface area contributed by atoms with Crippen molar-refractivity contribution in [1.29, 1.82) is 0 Å². The highest BCUT2D eigenvalue weighted by atomic mass is 127. The van der Waals surface area contributed by atoms with Crippen molar-refractivity contribution >= 4 is 28.6 Å². The summed E-state index contributed by atoms with van der Waals surface area (Å²) in [4.78, 5) is 10.7. The van der Waals surface area contributed by atoms with Gasteiger partial charge in [-0.2, -0.15) is 0 Å². The van der Waals surface area contributed by atoms with Crippen molar-refractivity contribution in [1.82, 2.24) is 0 Å². The quantitative estimate of drug-likeness (QED) is 0.618. The van der Waals surface area contributed by atoms with Crippen LogP contribution in [0, 0.1) is 3.57 Å². The highest BCUT2D eigenvalue weighted by Gasteiger charge is 2.10. The fourth-order valence-electron chi connectivity index (χ4n) is 1.12. The van der Waals surface area contributed by atoms with E-state index < -0.39 is 0 Å². The van der Waals surface area contributed by atoms with Crippen molar-refractivity contribution in [3.8, 4) is 0 Å². The largest absolute Gasteiger partial charge is 0.458 e. The number of esters is 1. The second-order valence-corrected chi connectivity index (χ2v) is 3.94. The maximum Gasteiger partial charge on any atom is 0.303 e. The topological polar surface area (TPSA) is 26.3 Å². The summed E-state index contributed by atoms with van der Waals surface area (Å²) in [6.07, 6.45) is -0.161. The van der Waals surface area contributed by atoms with E-state index in [2.05, 4.69) is 22.6 Å². The van der Waals surface area contributed by atoms with Gasteiger partial charge in [-0.15, -0.1) is 0 Å². The molecule has 0 saturated carbocycles. The SMILES string of the molecule is CC(=O)O[C@H](C)c1ccccc1I. The summed E-state index contributed by atoms with van der Waals surface area (Å²) in [5.41, 5.74) is 1.05. The molecular weight excluding hydrogens is 279 g/mol. The van der Waals surface area contributed by atoms with Crippen LogP contribution in [0.3, 0.4) is 0 Å². The van der Waals surface area contributed by atoms with E-state index in [0.29, 0.717) is 0 Å². The van der Waals surface area contributed by atoms with Crippen LogP contribution < -0.4 is 0 Å². The molecule has 1 rings (SSSR count). The molecule has 0 heterocycles. The lowest BCUT2D eigenvalue weighted by Crippen LogP contribution is -2.05. The molecule has 0 unspecified atom stereocenters. The Morgan fingerprint density at radius 2 is 2.08 bits per heavy atom. The fourth-order valence-corrected chi connectivity index (χ4v) is 1.94. The molecule has 0 aliphatic rings. The summed E-state index contributed by atoms with van der Waals surface area (Å²) in [6, 6.07) is 7.87. The van der Waals surface area contributed by atoms with Gasteiger partial charge in [-0.05, 0) is 35.6 Å². The molecular formula is C10H11IO2. The normalized spacial score (nSPS) is 12.2. The predicted molar refractivity (Wildman–Crippen MR) is 59.3 cm³/mol. The van der Waals surface area contributed by atoms with Crippen molar-refractivity contribution in [2.75, 3.05) is 0 Å². The average molecular weight is 290 g/mol. The van der Waals surface area contributed by atoms with E-state index in [1.54, 1.807) is 0 Å². The third-order valence-electron chi connectivity index (χ3n) is 1.69. The minimum Gasteiger partial charge on any atom is -0.458 e. The van der Waals surface area contributed by atoms with Crippen molar-refractivity contribution in [3.05, 3.63) is 33.4 Å². The van der Waals surface area contributed by atoms with Crippen LogP contribution >= 0.6 is 22.6 Å². The first kappa shape index (κ1) is 10.5. The van der Waals surface area contributed by atoms with E-state index >= 15 is 0 Å². The van der Waals surface area contributed by atoms with Crippen LogP contribution in [0.2, 0.25) is 0 Å². The first-order valence-electron chi connectivity index (χ1n) is 4.03. The molecule has 0 amide bonds. The summed E-state index contributed by atoms with van der Waals surface area (Å²) in [5, 5.41) is 0. The number of carbonyl (C=O) groups is 1. The van der Waals surface area contributed by atoms with Crippen LogP contribution in [0.5, 0.6) is 0 Å². The van der Waals surface area contributed by atoms with Gasteiger partial charge in [-0.25, -0.2) is 0 Å². The number of halogens is 1. The van der Waals surface area contributed by atoms with Crippen LogP contribution in [-0.4, -0.2) is 5.97 Å². The molecule has 0 bridgehead atoms. The van der Waals surface area contributed by atoms with Gasteiger partial charge >= 0.3 is 5.97 Å². The molecule has 13 heavy (non-hydrogen) atoms. The first-order chi connectivity index (χ1) is 6.11. The summed E-state index contributed by atoms with van der Waals surface area (Å²) in [5.74, 6) is -0.243. The second kappa shape index (κ2) is 4.60. The van der Waals surface area contributed by atoms with Crippen molar-refractivity contribution in [2.45, 2.75) is 20.0 Å². The van der Waals surface area contributed by atoms with Crippen LogP contribution in [0.15, 0.2) is 24.3 Å². The molecule has 2 nitrogen and oxygen atoms in total. The Labute approximate surface area is 91.4 Å². The zero-order valence-corrected chi connectivity index (χ0v) is 9.74. The lowest BCUT2D eigenvalue weighted by atomic mass is 10.1. The zero-order chi connectivity index (χ0) is 9.84. The molecule has 1 atom stereocenters. The Morgan fingerprint density at radius 1 is 1.46 bits per heavy atom. The molecule has 0 radical (unpaired) electrons. The minimum atomic E-state index is -0.243. The van der Waals surface area contributed by atoms with E-state index in [1.165, 1.54) is 6.92 Å². The zero-order valence-electron chi connectivity index (χ0n) is 7.58. The number of rotatable bonds is 2. The Balaban J connectivity index is 2.82. The molecule has 1 aromatic carbocycles. The Bertz CT molecular complexity index is 310. The van der Waals surface area contributed by atoms with Gasteiger partial charge in [0.25, 0.3) is 0 Å². The summed E-state index contributed by atoms with van der Waals surface area (Å²) < 4.78 is 6.19. The number of hydrogen-bond donors (Lipinski definition) is 0. The third-order valence-corrected chi connectivity index (χ3v) is 2.67. The van der Waals surface area contributed by atoms with Gasteiger partial charge < -0.3 is 4.74 Å². The van der Waals surface area contributed by atoms with Gasteiger partial charge in [0.1, 0.15) is 6.10 Å². The number of benzene rings is 1. The maximum absolute atomic E-state index is 10.7. The molecule has 70 valence electrons. The predicted octanol–water partition coefficient (Wildman–Crippen LogP) is 2.92. The van der Waals surface area contributed by atoms with Gasteiger partial charge in [-0.1, -0.05) is 18.2 Å². The summed E-state index contributed by atoms with van der Waals surface area (Å²) in [6.45, 7) is 3.30. The van der Waals surface area contributed by atoms with Gasteiger partial charge in [-0.3, -0.25) is 4.79 Å². The fraction of sp³-hybridized carbons (Fsp3) is 0.300. The number of carbonyl (C=O) groups excluding carboxylic acids is 1. The molecule has 0 aliphatic heterocycles. The average Bonchev–Trinajstić information content (AvgIpc) is 2.03. The lowest BCUT2D eigenvalue weighted by Gasteiger charge is -2.13. The standard InChI is InChI=1S/C10H11IO2/c1-7(13-8(2)12)9-5-3-4-6-10(9)11/h3-7H,1-2H3/t7-/m1/s1. The van der Waals surface area contributed by atoms with E-state index in [4.69, 9.17) is 4.74 Å². The van der Waals surface area contributed by atoms with Crippen molar-refractivity contribution in [2.24, 2.45) is 0 Å².